The van der Waals surface area contributed by atoms with Crippen molar-refractivity contribution < 1.29 is 22.9 Å². The Balaban J connectivity index is 1.27. The van der Waals surface area contributed by atoms with Crippen molar-refractivity contribution >= 4 is 38.2 Å². The number of anilines is 1. The Kier molecular flexibility index (Phi) is 8.95. The molecule has 1 aromatic heterocycles. The average molecular weight is 661 g/mol. The van der Waals surface area contributed by atoms with Crippen LogP contribution in [0.25, 0.3) is 27.7 Å². The summed E-state index contributed by atoms with van der Waals surface area (Å²) in [4.78, 5) is 24.2. The maximum absolute atomic E-state index is 13.4. The molecule has 0 unspecified atom stereocenters. The van der Waals surface area contributed by atoms with Gasteiger partial charge in [-0.2, -0.15) is 0 Å². The quantitative estimate of drug-likeness (QED) is 0.111. The van der Waals surface area contributed by atoms with Gasteiger partial charge in [-0.3, -0.25) is 14.9 Å². The van der Waals surface area contributed by atoms with Crippen molar-refractivity contribution in [3.8, 4) is 22.6 Å². The van der Waals surface area contributed by atoms with Gasteiger partial charge in [0.15, 0.2) is 0 Å². The molecule has 1 heterocycles. The van der Waals surface area contributed by atoms with E-state index in [0.29, 0.717) is 17.9 Å². The Hall–Kier alpha value is -5.94. The zero-order valence-electron chi connectivity index (χ0n) is 26.2. The second kappa shape index (κ2) is 13.4. The van der Waals surface area contributed by atoms with Crippen LogP contribution in [0.2, 0.25) is 0 Å². The number of ether oxygens (including phenoxy) is 1. The van der Waals surface area contributed by atoms with Crippen molar-refractivity contribution in [3.05, 3.63) is 148 Å². The summed E-state index contributed by atoms with van der Waals surface area (Å²) in [6.45, 7) is 2.18. The minimum Gasteiger partial charge on any atom is -0.497 e. The predicted molar refractivity (Wildman–Crippen MR) is 186 cm³/mol. The van der Waals surface area contributed by atoms with Crippen LogP contribution < -0.4 is 14.8 Å². The molecule has 11 heteroatoms. The summed E-state index contributed by atoms with van der Waals surface area (Å²) in [6, 6.07) is 36.4. The lowest BCUT2D eigenvalue weighted by Crippen LogP contribution is -2.32. The average Bonchev–Trinajstić information content (AvgIpc) is 3.37. The van der Waals surface area contributed by atoms with Crippen molar-refractivity contribution in [1.82, 2.24) is 9.29 Å². The molecule has 0 saturated carbocycles. The summed E-state index contributed by atoms with van der Waals surface area (Å²) in [6.07, 6.45) is -0.261. The van der Waals surface area contributed by atoms with E-state index in [-0.39, 0.29) is 12.1 Å². The third-order valence-corrected chi connectivity index (χ3v) is 9.53. The van der Waals surface area contributed by atoms with E-state index in [9.17, 15) is 23.3 Å². The minimum absolute atomic E-state index is 0.156. The first-order chi connectivity index (χ1) is 23.1. The zero-order valence-corrected chi connectivity index (χ0v) is 27.0. The van der Waals surface area contributed by atoms with Crippen molar-refractivity contribution in [2.75, 3.05) is 12.4 Å². The molecule has 1 amide bonds. The first-order valence-electron chi connectivity index (χ1n) is 15.1. The smallest absolute Gasteiger partial charge is 0.293 e. The molecule has 6 aromatic rings. The number of nitro benzene ring substituents is 1. The molecule has 0 radical (unpaired) electrons. The van der Waals surface area contributed by atoms with Crippen LogP contribution in [0.15, 0.2) is 126 Å². The molecule has 0 aliphatic carbocycles. The Morgan fingerprint density at radius 2 is 1.52 bits per heavy atom. The molecule has 0 fully saturated rings. The van der Waals surface area contributed by atoms with E-state index in [1.54, 1.807) is 7.11 Å². The van der Waals surface area contributed by atoms with Crippen LogP contribution in [0.3, 0.4) is 0 Å². The highest BCUT2D eigenvalue weighted by atomic mass is 32.2. The van der Waals surface area contributed by atoms with Crippen LogP contribution in [0.5, 0.6) is 5.75 Å². The normalized spacial score (nSPS) is 11.3. The highest BCUT2D eigenvalue weighted by Gasteiger charge is 2.25. The third kappa shape index (κ3) is 6.62. The van der Waals surface area contributed by atoms with Crippen LogP contribution >= 0.6 is 0 Å². The topological polar surface area (TPSA) is 133 Å². The monoisotopic (exact) mass is 660 g/mol. The number of amides is 1. The van der Waals surface area contributed by atoms with Crippen LogP contribution in [-0.2, 0) is 27.8 Å². The molecule has 48 heavy (non-hydrogen) atoms. The van der Waals surface area contributed by atoms with Gasteiger partial charge in [0.05, 0.1) is 28.9 Å². The van der Waals surface area contributed by atoms with Gasteiger partial charge in [-0.15, -0.1) is 0 Å². The van der Waals surface area contributed by atoms with E-state index in [4.69, 9.17) is 4.74 Å². The van der Waals surface area contributed by atoms with E-state index < -0.39 is 31.4 Å². The number of hydrogen-bond donors (Lipinski definition) is 2. The number of fused-ring (bicyclic) bond motifs is 1. The van der Waals surface area contributed by atoms with E-state index in [2.05, 4.69) is 10.0 Å². The molecule has 242 valence electrons. The summed E-state index contributed by atoms with van der Waals surface area (Å²) in [5.74, 6) is -0.199. The van der Waals surface area contributed by atoms with E-state index in [0.717, 1.165) is 45.0 Å². The lowest BCUT2D eigenvalue weighted by atomic mass is 10.1. The molecule has 0 aliphatic rings. The van der Waals surface area contributed by atoms with Crippen molar-refractivity contribution in [3.63, 3.8) is 0 Å². The molecule has 0 atom stereocenters. The fourth-order valence-corrected chi connectivity index (χ4v) is 6.76. The number of hydrogen-bond acceptors (Lipinski definition) is 7. The van der Waals surface area contributed by atoms with Crippen LogP contribution in [0, 0.1) is 17.0 Å². The van der Waals surface area contributed by atoms with Gasteiger partial charge in [-0.05, 0) is 71.6 Å². The number of methoxy groups -OCH3 is 1. The van der Waals surface area contributed by atoms with Crippen LogP contribution in [0.1, 0.15) is 16.8 Å². The van der Waals surface area contributed by atoms with Gasteiger partial charge in [-0.1, -0.05) is 72.8 Å². The molecule has 0 bridgehead atoms. The fraction of sp³-hybridized carbons (Fsp3) is 0.108. The predicted octanol–water partition coefficient (Wildman–Crippen LogP) is 7.18. The number of nitro groups is 1. The van der Waals surface area contributed by atoms with Gasteiger partial charge in [0, 0.05) is 29.4 Å². The summed E-state index contributed by atoms with van der Waals surface area (Å²) >= 11 is 0. The lowest BCUT2D eigenvalue weighted by molar-refractivity contribution is -0.384. The first-order valence-corrected chi connectivity index (χ1v) is 16.6. The zero-order chi connectivity index (χ0) is 33.8. The Bertz CT molecular complexity index is 2230. The minimum atomic E-state index is -4.44. The Labute approximate surface area is 277 Å². The summed E-state index contributed by atoms with van der Waals surface area (Å²) in [5.41, 5.74) is 5.83. The highest BCUT2D eigenvalue weighted by molar-refractivity contribution is 7.90. The lowest BCUT2D eigenvalue weighted by Gasteiger charge is -2.11. The summed E-state index contributed by atoms with van der Waals surface area (Å²) < 4.78 is 36.2. The van der Waals surface area contributed by atoms with E-state index >= 15 is 0 Å². The van der Waals surface area contributed by atoms with Crippen LogP contribution in [-0.4, -0.2) is 30.9 Å². The van der Waals surface area contributed by atoms with Gasteiger partial charge in [0.2, 0.25) is 5.91 Å². The number of sulfonamides is 1. The first kappa shape index (κ1) is 32.0. The maximum Gasteiger partial charge on any atom is 0.293 e. The largest absolute Gasteiger partial charge is 0.497 e. The molecule has 0 spiro atoms. The molecule has 5 aromatic carbocycles. The molecule has 0 saturated heterocycles. The number of carbonyl (C=O) groups is 1. The number of rotatable bonds is 11. The van der Waals surface area contributed by atoms with Crippen molar-refractivity contribution in [2.24, 2.45) is 0 Å². The van der Waals surface area contributed by atoms with Crippen LogP contribution in [0.4, 0.5) is 11.4 Å². The Morgan fingerprint density at radius 3 is 2.19 bits per heavy atom. The molecule has 10 nitrogen and oxygen atoms in total. The van der Waals surface area contributed by atoms with Gasteiger partial charge < -0.3 is 14.6 Å². The van der Waals surface area contributed by atoms with Gasteiger partial charge in [0.25, 0.3) is 15.7 Å². The highest BCUT2D eigenvalue weighted by Crippen LogP contribution is 2.34. The second-order valence-electron chi connectivity index (χ2n) is 11.2. The van der Waals surface area contributed by atoms with Crippen molar-refractivity contribution in [2.45, 2.75) is 24.8 Å². The number of carbonyl (C=O) groups excluding carboxylic acids is 1. The van der Waals surface area contributed by atoms with Gasteiger partial charge in [0.1, 0.15) is 11.4 Å². The molecule has 2 N–H and O–H groups in total. The van der Waals surface area contributed by atoms with Crippen molar-refractivity contribution in [1.29, 1.82) is 0 Å². The van der Waals surface area contributed by atoms with E-state index in [1.165, 1.54) is 12.1 Å². The third-order valence-electron chi connectivity index (χ3n) is 8.16. The standard InChI is InChI=1S/C37H32N4O6S/c1-25-32(33-21-30(47-2)17-20-35(33)40(25)29-15-13-28(14-16-29)27-11-7-4-8-12-27)23-37(42)39-48(45,46)31-18-19-34(36(22-31)41(43)44)38-24-26-9-5-3-6-10-26/h3-22,38H,23-24H2,1-2H3,(H,39,42). The maximum atomic E-state index is 13.4. The summed E-state index contributed by atoms with van der Waals surface area (Å²) in [7, 11) is -2.89. The fourth-order valence-electron chi connectivity index (χ4n) is 5.76. The number of aromatic nitrogens is 1. The van der Waals surface area contributed by atoms with Gasteiger partial charge >= 0.3 is 0 Å². The van der Waals surface area contributed by atoms with Gasteiger partial charge in [-0.25, -0.2) is 13.1 Å². The number of benzene rings is 5. The molecule has 0 aliphatic heterocycles. The molecular formula is C37H32N4O6S. The summed E-state index contributed by atoms with van der Waals surface area (Å²) in [5, 5.41) is 15.6. The molecular weight excluding hydrogens is 628 g/mol. The number of nitrogens with zero attached hydrogens (tertiary/aromatic N) is 2. The SMILES string of the molecule is COc1ccc2c(c1)c(CC(=O)NS(=O)(=O)c1ccc(NCc3ccccc3)c([N+](=O)[O-])c1)c(C)n2-c1ccc(-c2ccccc2)cc1. The number of nitrogens with one attached hydrogen (secondary N) is 2. The molecule has 6 rings (SSSR count). The van der Waals surface area contributed by atoms with E-state index in [1.807, 2.05) is 115 Å². The Morgan fingerprint density at radius 1 is 0.854 bits per heavy atom. The second-order valence-corrected chi connectivity index (χ2v) is 12.9.